The van der Waals surface area contributed by atoms with Crippen LogP contribution in [-0.4, -0.2) is 41.3 Å². The van der Waals surface area contributed by atoms with E-state index in [1.54, 1.807) is 0 Å². The SMILES string of the molecule is COCC(O)CCNc1cnn(CC(C)C)c(=O)c1Cl. The molecule has 0 aliphatic heterocycles. The first-order valence-electron chi connectivity index (χ1n) is 6.62. The summed E-state index contributed by atoms with van der Waals surface area (Å²) in [7, 11) is 1.53. The highest BCUT2D eigenvalue weighted by Crippen LogP contribution is 2.15. The van der Waals surface area contributed by atoms with E-state index in [2.05, 4.69) is 10.4 Å². The molecule has 1 heterocycles. The zero-order valence-corrected chi connectivity index (χ0v) is 12.9. The zero-order valence-electron chi connectivity index (χ0n) is 12.1. The van der Waals surface area contributed by atoms with Gasteiger partial charge in [-0.05, 0) is 12.3 Å². The van der Waals surface area contributed by atoms with Crippen LogP contribution >= 0.6 is 11.6 Å². The van der Waals surface area contributed by atoms with Crippen LogP contribution in [0.3, 0.4) is 0 Å². The fourth-order valence-electron chi connectivity index (χ4n) is 1.71. The second-order valence-corrected chi connectivity index (χ2v) is 5.46. The Morgan fingerprint density at radius 3 is 2.85 bits per heavy atom. The van der Waals surface area contributed by atoms with Crippen LogP contribution in [-0.2, 0) is 11.3 Å². The summed E-state index contributed by atoms with van der Waals surface area (Å²) >= 11 is 6.04. The molecule has 20 heavy (non-hydrogen) atoms. The summed E-state index contributed by atoms with van der Waals surface area (Å²) in [6.07, 6.45) is 1.49. The molecule has 0 fully saturated rings. The van der Waals surface area contributed by atoms with E-state index in [0.717, 1.165) is 0 Å². The Kier molecular flexibility index (Phi) is 6.98. The normalized spacial score (nSPS) is 12.7. The lowest BCUT2D eigenvalue weighted by Gasteiger charge is -2.13. The summed E-state index contributed by atoms with van der Waals surface area (Å²) in [6, 6.07) is 0. The Morgan fingerprint density at radius 1 is 1.55 bits per heavy atom. The maximum atomic E-state index is 12.0. The predicted octanol–water partition coefficient (Wildman–Crippen LogP) is 1.36. The highest BCUT2D eigenvalue weighted by molar-refractivity contribution is 6.32. The topological polar surface area (TPSA) is 76.4 Å². The van der Waals surface area contributed by atoms with E-state index in [0.29, 0.717) is 31.1 Å². The van der Waals surface area contributed by atoms with Gasteiger partial charge in [0, 0.05) is 20.2 Å². The quantitative estimate of drug-likeness (QED) is 0.758. The predicted molar refractivity (Wildman–Crippen MR) is 79.3 cm³/mol. The number of rotatable bonds is 8. The number of hydrogen-bond acceptors (Lipinski definition) is 5. The van der Waals surface area contributed by atoms with Crippen LogP contribution in [0.4, 0.5) is 5.69 Å². The molecule has 1 rings (SSSR count). The van der Waals surface area contributed by atoms with E-state index in [1.807, 2.05) is 13.8 Å². The molecule has 114 valence electrons. The number of methoxy groups -OCH3 is 1. The van der Waals surface area contributed by atoms with E-state index in [4.69, 9.17) is 16.3 Å². The van der Waals surface area contributed by atoms with Crippen molar-refractivity contribution in [1.29, 1.82) is 0 Å². The zero-order chi connectivity index (χ0) is 15.1. The number of aromatic nitrogens is 2. The van der Waals surface area contributed by atoms with Gasteiger partial charge in [0.15, 0.2) is 0 Å². The van der Waals surface area contributed by atoms with Crippen LogP contribution in [0.1, 0.15) is 20.3 Å². The van der Waals surface area contributed by atoms with Crippen molar-refractivity contribution in [3.8, 4) is 0 Å². The van der Waals surface area contributed by atoms with Gasteiger partial charge in [-0.1, -0.05) is 25.4 Å². The van der Waals surface area contributed by atoms with Gasteiger partial charge in [-0.15, -0.1) is 0 Å². The number of hydrogen-bond donors (Lipinski definition) is 2. The third-order valence-corrected chi connectivity index (χ3v) is 3.04. The van der Waals surface area contributed by atoms with E-state index in [9.17, 15) is 9.90 Å². The molecule has 2 N–H and O–H groups in total. The maximum Gasteiger partial charge on any atom is 0.287 e. The summed E-state index contributed by atoms with van der Waals surface area (Å²) in [5.41, 5.74) is 0.184. The highest BCUT2D eigenvalue weighted by Gasteiger charge is 2.10. The van der Waals surface area contributed by atoms with Crippen molar-refractivity contribution in [1.82, 2.24) is 9.78 Å². The molecule has 0 aromatic carbocycles. The molecule has 0 spiro atoms. The van der Waals surface area contributed by atoms with Crippen molar-refractivity contribution >= 4 is 17.3 Å². The summed E-state index contributed by atoms with van der Waals surface area (Å²) in [5, 5.41) is 16.7. The van der Waals surface area contributed by atoms with Gasteiger partial charge < -0.3 is 15.2 Å². The molecule has 0 saturated heterocycles. The highest BCUT2D eigenvalue weighted by atomic mass is 35.5. The molecule has 6 nitrogen and oxygen atoms in total. The molecular weight excluding hydrogens is 282 g/mol. The summed E-state index contributed by atoms with van der Waals surface area (Å²) in [6.45, 7) is 5.31. The van der Waals surface area contributed by atoms with E-state index < -0.39 is 6.10 Å². The Hall–Kier alpha value is -1.11. The second kappa shape index (κ2) is 8.24. The fraction of sp³-hybridized carbons (Fsp3) is 0.692. The average molecular weight is 304 g/mol. The van der Waals surface area contributed by atoms with Crippen LogP contribution in [0.5, 0.6) is 0 Å². The van der Waals surface area contributed by atoms with Crippen LogP contribution < -0.4 is 10.9 Å². The second-order valence-electron chi connectivity index (χ2n) is 5.08. The first-order chi connectivity index (χ1) is 9.45. The number of nitrogens with zero attached hydrogens (tertiary/aromatic N) is 2. The number of anilines is 1. The van der Waals surface area contributed by atoms with Crippen LogP contribution in [0.2, 0.25) is 5.02 Å². The standard InChI is InChI=1S/C13H22ClN3O3/c1-9(2)7-17-13(19)12(14)11(6-16-17)15-5-4-10(18)8-20-3/h6,9-10,15,18H,4-5,7-8H2,1-3H3. The molecular formula is C13H22ClN3O3. The van der Waals surface area contributed by atoms with E-state index in [1.165, 1.54) is 18.0 Å². The molecule has 7 heteroatoms. The molecule has 1 aromatic rings. The molecule has 1 aromatic heterocycles. The third kappa shape index (κ3) is 5.11. The van der Waals surface area contributed by atoms with Crippen molar-refractivity contribution in [3.05, 3.63) is 21.6 Å². The number of ether oxygens (including phenoxy) is 1. The van der Waals surface area contributed by atoms with Crippen molar-refractivity contribution in [2.45, 2.75) is 32.9 Å². The van der Waals surface area contributed by atoms with Crippen LogP contribution in [0, 0.1) is 5.92 Å². The van der Waals surface area contributed by atoms with Crippen LogP contribution in [0.15, 0.2) is 11.0 Å². The Balaban J connectivity index is 2.64. The molecule has 0 bridgehead atoms. The molecule has 1 atom stereocenters. The first kappa shape index (κ1) is 16.9. The van der Waals surface area contributed by atoms with Crippen molar-refractivity contribution in [3.63, 3.8) is 0 Å². The molecule has 0 aliphatic rings. The maximum absolute atomic E-state index is 12.0. The molecule has 0 radical (unpaired) electrons. The van der Waals surface area contributed by atoms with Gasteiger partial charge in [-0.2, -0.15) is 5.10 Å². The minimum Gasteiger partial charge on any atom is -0.391 e. The summed E-state index contributed by atoms with van der Waals surface area (Å²) in [4.78, 5) is 12.0. The minimum absolute atomic E-state index is 0.127. The van der Waals surface area contributed by atoms with Crippen molar-refractivity contribution in [2.24, 2.45) is 5.92 Å². The Labute approximate surface area is 123 Å². The first-order valence-corrected chi connectivity index (χ1v) is 7.00. The van der Waals surface area contributed by atoms with Gasteiger partial charge in [0.25, 0.3) is 5.56 Å². The number of halogens is 1. The Morgan fingerprint density at radius 2 is 2.25 bits per heavy atom. The Bertz CT molecular complexity index is 476. The van der Waals surface area contributed by atoms with Gasteiger partial charge in [0.05, 0.1) is 24.6 Å². The van der Waals surface area contributed by atoms with E-state index in [-0.39, 0.29) is 17.2 Å². The lowest BCUT2D eigenvalue weighted by Crippen LogP contribution is -2.26. The van der Waals surface area contributed by atoms with Crippen molar-refractivity contribution < 1.29 is 9.84 Å². The summed E-state index contributed by atoms with van der Waals surface area (Å²) in [5.74, 6) is 0.319. The van der Waals surface area contributed by atoms with Crippen LogP contribution in [0.25, 0.3) is 0 Å². The molecule has 1 unspecified atom stereocenters. The van der Waals surface area contributed by atoms with Gasteiger partial charge in [0.1, 0.15) is 5.02 Å². The lowest BCUT2D eigenvalue weighted by molar-refractivity contribution is 0.0615. The van der Waals surface area contributed by atoms with Gasteiger partial charge >= 0.3 is 0 Å². The van der Waals surface area contributed by atoms with Crippen molar-refractivity contribution in [2.75, 3.05) is 25.6 Å². The average Bonchev–Trinajstić information content (AvgIpc) is 2.37. The lowest BCUT2D eigenvalue weighted by atomic mass is 10.2. The van der Waals surface area contributed by atoms with E-state index >= 15 is 0 Å². The summed E-state index contributed by atoms with van der Waals surface area (Å²) < 4.78 is 6.19. The number of aliphatic hydroxyl groups excluding tert-OH is 1. The number of aliphatic hydroxyl groups is 1. The monoisotopic (exact) mass is 303 g/mol. The number of nitrogens with one attached hydrogen (secondary N) is 1. The fourth-order valence-corrected chi connectivity index (χ4v) is 1.93. The third-order valence-electron chi connectivity index (χ3n) is 2.68. The van der Waals surface area contributed by atoms with Gasteiger partial charge in [0.2, 0.25) is 0 Å². The minimum atomic E-state index is -0.541. The molecule has 0 aliphatic carbocycles. The molecule has 0 amide bonds. The smallest absolute Gasteiger partial charge is 0.287 e. The largest absolute Gasteiger partial charge is 0.391 e. The van der Waals surface area contributed by atoms with Gasteiger partial charge in [-0.25, -0.2) is 4.68 Å². The van der Waals surface area contributed by atoms with Gasteiger partial charge in [-0.3, -0.25) is 4.79 Å². The molecule has 0 saturated carbocycles.